The van der Waals surface area contributed by atoms with Crippen LogP contribution in [0, 0.1) is 5.21 Å². The van der Waals surface area contributed by atoms with E-state index in [1.165, 1.54) is 0 Å². The highest BCUT2D eigenvalue weighted by atomic mass is 16.5. The molecule has 1 N–H and O–H groups in total. The average Bonchev–Trinajstić information content (AvgIpc) is 2.18. The molecule has 2 atom stereocenters. The molecule has 0 aliphatic carbocycles. The summed E-state index contributed by atoms with van der Waals surface area (Å²) in [4.78, 5) is 0. The summed E-state index contributed by atoms with van der Waals surface area (Å²) in [5, 5.41) is 11.7. The smallest absolute Gasteiger partial charge is 0.103 e. The van der Waals surface area contributed by atoms with E-state index in [0.29, 0.717) is 6.54 Å². The molecule has 70 valence electrons. The second-order valence-electron chi connectivity index (χ2n) is 3.15. The van der Waals surface area contributed by atoms with E-state index in [1.807, 2.05) is 37.3 Å². The number of hydrogen-bond donors (Lipinski definition) is 1. The topological polar surface area (TPSA) is 27.5 Å². The van der Waals surface area contributed by atoms with E-state index >= 15 is 0 Å². The highest BCUT2D eigenvalue weighted by Gasteiger charge is 2.04. The molecule has 1 unspecified atom stereocenters. The Morgan fingerprint density at radius 3 is 2.62 bits per heavy atom. The fourth-order valence-corrected chi connectivity index (χ4v) is 1.09. The van der Waals surface area contributed by atoms with Crippen molar-refractivity contribution in [1.82, 2.24) is 0 Å². The van der Waals surface area contributed by atoms with Crippen LogP contribution >= 0.6 is 0 Å². The molecule has 1 aromatic rings. The van der Waals surface area contributed by atoms with Crippen molar-refractivity contribution in [2.24, 2.45) is 0 Å². The lowest BCUT2D eigenvalue weighted by molar-refractivity contribution is -0.880. The van der Waals surface area contributed by atoms with E-state index in [-0.39, 0.29) is 11.1 Å². The quantitative estimate of drug-likeness (QED) is 0.542. The highest BCUT2D eigenvalue weighted by Crippen LogP contribution is 1.95. The Morgan fingerprint density at radius 1 is 1.46 bits per heavy atom. The summed E-state index contributed by atoms with van der Waals surface area (Å²) in [6.45, 7) is 5.98. The third kappa shape index (κ3) is 3.01. The molecule has 2 heteroatoms. The van der Waals surface area contributed by atoms with Crippen molar-refractivity contribution in [1.29, 1.82) is 0 Å². The first-order valence-electron chi connectivity index (χ1n) is 4.43. The van der Waals surface area contributed by atoms with Gasteiger partial charge in [0.15, 0.2) is 0 Å². The Bertz CT molecular complexity index is 258. The standard InChI is InChI=1S/C11H15NO/c1-3-10(2)12(13)9-11-7-5-4-6-8-11/h3-8,10,12H,1,9H2,2H3/t10-/m0/s1. The largest absolute Gasteiger partial charge is 0.634 e. The molecule has 13 heavy (non-hydrogen) atoms. The summed E-state index contributed by atoms with van der Waals surface area (Å²) in [7, 11) is 0. The SMILES string of the molecule is C=C[C@H](C)[NH+]([O-])Cc1ccccc1. The molecule has 0 aromatic heterocycles. The van der Waals surface area contributed by atoms with Crippen molar-refractivity contribution in [2.75, 3.05) is 0 Å². The summed E-state index contributed by atoms with van der Waals surface area (Å²) in [6, 6.07) is 9.73. The number of hydroxylamine groups is 2. The Balaban J connectivity index is 2.54. The Labute approximate surface area is 79.1 Å². The maximum absolute atomic E-state index is 11.5. The van der Waals surface area contributed by atoms with Crippen LogP contribution in [0.2, 0.25) is 0 Å². The fraction of sp³-hybridized carbons (Fsp3) is 0.273. The van der Waals surface area contributed by atoms with Crippen LogP contribution in [0.25, 0.3) is 0 Å². The summed E-state index contributed by atoms with van der Waals surface area (Å²) < 4.78 is 0. The molecule has 0 saturated heterocycles. The first-order chi connectivity index (χ1) is 6.24. The van der Waals surface area contributed by atoms with Crippen LogP contribution in [0.3, 0.4) is 0 Å². The van der Waals surface area contributed by atoms with E-state index < -0.39 is 0 Å². The molecule has 0 spiro atoms. The molecule has 0 saturated carbocycles. The van der Waals surface area contributed by atoms with Gasteiger partial charge >= 0.3 is 0 Å². The number of hydrogen-bond acceptors (Lipinski definition) is 1. The van der Waals surface area contributed by atoms with E-state index in [4.69, 9.17) is 0 Å². The average molecular weight is 177 g/mol. The summed E-state index contributed by atoms with van der Waals surface area (Å²) in [5.41, 5.74) is 1.07. The van der Waals surface area contributed by atoms with Crippen LogP contribution in [0.4, 0.5) is 0 Å². The Kier molecular flexibility index (Phi) is 3.68. The zero-order valence-corrected chi connectivity index (χ0v) is 7.86. The maximum Gasteiger partial charge on any atom is 0.103 e. The van der Waals surface area contributed by atoms with Crippen LogP contribution in [0.1, 0.15) is 12.5 Å². The van der Waals surface area contributed by atoms with E-state index in [0.717, 1.165) is 5.56 Å². The Morgan fingerprint density at radius 2 is 2.08 bits per heavy atom. The minimum atomic E-state index is -0.0415. The molecule has 1 aromatic carbocycles. The molecule has 0 bridgehead atoms. The zero-order valence-electron chi connectivity index (χ0n) is 7.86. The molecule has 0 aliphatic heterocycles. The van der Waals surface area contributed by atoms with Gasteiger partial charge in [-0.3, -0.25) is 0 Å². The second-order valence-corrected chi connectivity index (χ2v) is 3.15. The van der Waals surface area contributed by atoms with Crippen LogP contribution in [0.15, 0.2) is 43.0 Å². The summed E-state index contributed by atoms with van der Waals surface area (Å²) >= 11 is 0. The van der Waals surface area contributed by atoms with Crippen LogP contribution < -0.4 is 5.06 Å². The van der Waals surface area contributed by atoms with E-state index in [2.05, 4.69) is 6.58 Å². The molecular formula is C11H15NO. The van der Waals surface area contributed by atoms with Gasteiger partial charge in [0.1, 0.15) is 12.6 Å². The highest BCUT2D eigenvalue weighted by molar-refractivity contribution is 5.13. The van der Waals surface area contributed by atoms with Gasteiger partial charge in [-0.2, -0.15) is 0 Å². The minimum Gasteiger partial charge on any atom is -0.634 e. The van der Waals surface area contributed by atoms with Gasteiger partial charge in [0, 0.05) is 5.56 Å². The molecule has 0 aliphatic rings. The van der Waals surface area contributed by atoms with Gasteiger partial charge in [0.25, 0.3) is 0 Å². The molecule has 0 fully saturated rings. The predicted octanol–water partition coefficient (Wildman–Crippen LogP) is 1.14. The van der Waals surface area contributed by atoms with Gasteiger partial charge in [0.05, 0.1) is 0 Å². The van der Waals surface area contributed by atoms with Crippen LogP contribution in [-0.2, 0) is 6.54 Å². The Hall–Kier alpha value is -1.12. The fourth-order valence-electron chi connectivity index (χ4n) is 1.09. The van der Waals surface area contributed by atoms with E-state index in [1.54, 1.807) is 6.08 Å². The van der Waals surface area contributed by atoms with Crippen LogP contribution in [0.5, 0.6) is 0 Å². The van der Waals surface area contributed by atoms with Gasteiger partial charge in [-0.15, -0.1) is 0 Å². The maximum atomic E-state index is 11.5. The summed E-state index contributed by atoms with van der Waals surface area (Å²) in [5.74, 6) is 0. The van der Waals surface area contributed by atoms with Crippen molar-refractivity contribution >= 4 is 0 Å². The molecule has 0 amide bonds. The van der Waals surface area contributed by atoms with Crippen molar-refractivity contribution in [2.45, 2.75) is 19.5 Å². The van der Waals surface area contributed by atoms with Crippen molar-refractivity contribution < 1.29 is 5.06 Å². The number of nitrogens with one attached hydrogen (secondary N) is 1. The normalized spacial score (nSPS) is 14.9. The lowest BCUT2D eigenvalue weighted by atomic mass is 10.2. The van der Waals surface area contributed by atoms with Crippen molar-refractivity contribution in [3.8, 4) is 0 Å². The van der Waals surface area contributed by atoms with E-state index in [9.17, 15) is 5.21 Å². The minimum absolute atomic E-state index is 0.0415. The van der Waals surface area contributed by atoms with Crippen LogP contribution in [-0.4, -0.2) is 6.04 Å². The first kappa shape index (κ1) is 9.96. The molecule has 2 nitrogen and oxygen atoms in total. The van der Waals surface area contributed by atoms with Gasteiger partial charge in [0.2, 0.25) is 0 Å². The van der Waals surface area contributed by atoms with Crippen molar-refractivity contribution in [3.63, 3.8) is 0 Å². The molecule has 0 heterocycles. The van der Waals surface area contributed by atoms with Gasteiger partial charge in [-0.25, -0.2) is 0 Å². The van der Waals surface area contributed by atoms with Gasteiger partial charge in [-0.1, -0.05) is 36.9 Å². The predicted molar refractivity (Wildman–Crippen MR) is 54.1 cm³/mol. The lowest BCUT2D eigenvalue weighted by Gasteiger charge is -2.26. The van der Waals surface area contributed by atoms with Gasteiger partial charge < -0.3 is 10.3 Å². The van der Waals surface area contributed by atoms with Crippen molar-refractivity contribution in [3.05, 3.63) is 53.8 Å². The first-order valence-corrected chi connectivity index (χ1v) is 4.43. The number of rotatable bonds is 4. The molecule has 1 rings (SSSR count). The second kappa shape index (κ2) is 4.80. The monoisotopic (exact) mass is 177 g/mol. The zero-order chi connectivity index (χ0) is 9.68. The third-order valence-electron chi connectivity index (χ3n) is 2.08. The lowest BCUT2D eigenvalue weighted by Crippen LogP contribution is -3.09. The molecular weight excluding hydrogens is 162 g/mol. The summed E-state index contributed by atoms with van der Waals surface area (Å²) in [6.07, 6.45) is 1.69. The number of quaternary nitrogens is 1. The third-order valence-corrected chi connectivity index (χ3v) is 2.08. The molecule has 0 radical (unpaired) electrons. The van der Waals surface area contributed by atoms with Gasteiger partial charge in [-0.05, 0) is 13.0 Å². The number of benzene rings is 1.